The van der Waals surface area contributed by atoms with Gasteiger partial charge in [0.05, 0.1) is 24.0 Å². The highest BCUT2D eigenvalue weighted by Gasteiger charge is 1.99. The maximum atomic E-state index is 5.80. The minimum absolute atomic E-state index is 0.630. The van der Waals surface area contributed by atoms with Crippen molar-refractivity contribution in [2.24, 2.45) is 0 Å². The van der Waals surface area contributed by atoms with Gasteiger partial charge in [0.15, 0.2) is 0 Å². The van der Waals surface area contributed by atoms with Gasteiger partial charge in [-0.2, -0.15) is 10.6 Å². The van der Waals surface area contributed by atoms with Crippen LogP contribution in [0.2, 0.25) is 5.02 Å². The van der Waals surface area contributed by atoms with Gasteiger partial charge < -0.3 is 4.84 Å². The molecule has 1 aromatic heterocycles. The van der Waals surface area contributed by atoms with E-state index in [1.54, 1.807) is 24.2 Å². The molecule has 0 saturated heterocycles. The Morgan fingerprint density at radius 2 is 2.12 bits per heavy atom. The van der Waals surface area contributed by atoms with E-state index in [9.17, 15) is 0 Å². The first-order chi connectivity index (χ1) is 7.79. The molecule has 0 aliphatic rings. The highest BCUT2D eigenvalue weighted by molar-refractivity contribution is 6.30. The second kappa shape index (κ2) is 5.12. The molecule has 0 radical (unpaired) electrons. The van der Waals surface area contributed by atoms with Crippen molar-refractivity contribution in [1.29, 1.82) is 0 Å². The van der Waals surface area contributed by atoms with Crippen molar-refractivity contribution < 1.29 is 4.84 Å². The van der Waals surface area contributed by atoms with Crippen molar-refractivity contribution >= 4 is 11.6 Å². The molecule has 1 heterocycles. The smallest absolute Gasteiger partial charge is 0.0790 e. The number of rotatable bonds is 4. The van der Waals surface area contributed by atoms with E-state index in [1.807, 2.05) is 24.3 Å². The molecule has 2 aromatic rings. The first kappa shape index (κ1) is 11.1. The van der Waals surface area contributed by atoms with Crippen LogP contribution in [0.1, 0.15) is 5.56 Å². The zero-order valence-electron chi connectivity index (χ0n) is 8.85. The second-order valence-electron chi connectivity index (χ2n) is 3.29. The van der Waals surface area contributed by atoms with E-state index in [4.69, 9.17) is 16.4 Å². The number of nitrogens with one attached hydrogen (secondary N) is 1. The van der Waals surface area contributed by atoms with Gasteiger partial charge in [-0.1, -0.05) is 23.7 Å². The number of benzene rings is 1. The molecule has 1 aromatic carbocycles. The van der Waals surface area contributed by atoms with E-state index in [0.717, 1.165) is 11.3 Å². The lowest BCUT2D eigenvalue weighted by molar-refractivity contribution is 0.0867. The van der Waals surface area contributed by atoms with Crippen molar-refractivity contribution in [2.45, 2.75) is 6.54 Å². The van der Waals surface area contributed by atoms with Gasteiger partial charge in [-0.05, 0) is 17.7 Å². The Morgan fingerprint density at radius 1 is 1.38 bits per heavy atom. The Balaban J connectivity index is 2.13. The van der Waals surface area contributed by atoms with Gasteiger partial charge in [-0.25, -0.2) is 4.68 Å². The summed E-state index contributed by atoms with van der Waals surface area (Å²) in [4.78, 5) is 4.78. The Bertz CT molecular complexity index is 453. The molecule has 2 rings (SSSR count). The lowest BCUT2D eigenvalue weighted by atomic mass is 10.2. The van der Waals surface area contributed by atoms with Crippen LogP contribution in [0.3, 0.4) is 0 Å². The Kier molecular flexibility index (Phi) is 3.56. The summed E-state index contributed by atoms with van der Waals surface area (Å²) >= 11 is 5.80. The molecule has 5 heteroatoms. The van der Waals surface area contributed by atoms with Crippen LogP contribution in [0.15, 0.2) is 36.7 Å². The van der Waals surface area contributed by atoms with Gasteiger partial charge in [0.25, 0.3) is 0 Å². The molecule has 4 nitrogen and oxygen atoms in total. The summed E-state index contributed by atoms with van der Waals surface area (Å²) in [7, 11) is 1.60. The number of aromatic nitrogens is 2. The maximum absolute atomic E-state index is 5.80. The standard InChI is InChI=1S/C11H12ClN3O/c1-16-14-6-9-2-4-11(5-3-9)15-8-10(12)7-13-15/h2-5,7-8,14H,6H2,1H3. The molecule has 0 aliphatic carbocycles. The molecule has 84 valence electrons. The molecule has 0 unspecified atom stereocenters. The first-order valence-electron chi connectivity index (χ1n) is 4.85. The van der Waals surface area contributed by atoms with Crippen LogP contribution in [0, 0.1) is 0 Å². The summed E-state index contributed by atoms with van der Waals surface area (Å²) in [5, 5.41) is 4.75. The predicted octanol–water partition coefficient (Wildman–Crippen LogP) is 2.18. The molecule has 0 fully saturated rings. The molecule has 1 N–H and O–H groups in total. The highest BCUT2D eigenvalue weighted by Crippen LogP contribution is 2.12. The Hall–Kier alpha value is -1.36. The molecule has 0 saturated carbocycles. The number of hydrogen-bond donors (Lipinski definition) is 1. The Labute approximate surface area is 98.7 Å². The summed E-state index contributed by atoms with van der Waals surface area (Å²) in [6, 6.07) is 7.99. The van der Waals surface area contributed by atoms with E-state index in [-0.39, 0.29) is 0 Å². The van der Waals surface area contributed by atoms with Crippen molar-refractivity contribution in [2.75, 3.05) is 7.11 Å². The summed E-state index contributed by atoms with van der Waals surface area (Å²) in [5.74, 6) is 0. The van der Waals surface area contributed by atoms with Crippen LogP contribution in [0.4, 0.5) is 0 Å². The predicted molar refractivity (Wildman–Crippen MR) is 62.4 cm³/mol. The molecular weight excluding hydrogens is 226 g/mol. The zero-order chi connectivity index (χ0) is 11.4. The van der Waals surface area contributed by atoms with Gasteiger partial charge in [-0.15, -0.1) is 0 Å². The third-order valence-electron chi connectivity index (χ3n) is 2.17. The van der Waals surface area contributed by atoms with Crippen LogP contribution in [0.5, 0.6) is 0 Å². The van der Waals surface area contributed by atoms with Gasteiger partial charge in [-0.3, -0.25) is 0 Å². The van der Waals surface area contributed by atoms with Crippen molar-refractivity contribution in [3.63, 3.8) is 0 Å². The fourth-order valence-electron chi connectivity index (χ4n) is 1.36. The summed E-state index contributed by atoms with van der Waals surface area (Å²) in [5.41, 5.74) is 4.91. The molecule has 0 spiro atoms. The fraction of sp³-hybridized carbons (Fsp3) is 0.182. The monoisotopic (exact) mass is 237 g/mol. The lowest BCUT2D eigenvalue weighted by Gasteiger charge is -2.04. The normalized spacial score (nSPS) is 10.6. The average Bonchev–Trinajstić information content (AvgIpc) is 2.74. The Morgan fingerprint density at radius 3 is 2.69 bits per heavy atom. The van der Waals surface area contributed by atoms with Gasteiger partial charge >= 0.3 is 0 Å². The third kappa shape index (κ3) is 2.61. The van der Waals surface area contributed by atoms with Crippen LogP contribution in [-0.2, 0) is 11.4 Å². The van der Waals surface area contributed by atoms with Gasteiger partial charge in [0, 0.05) is 12.7 Å². The highest BCUT2D eigenvalue weighted by atomic mass is 35.5. The summed E-state index contributed by atoms with van der Waals surface area (Å²) < 4.78 is 1.73. The van der Waals surface area contributed by atoms with E-state index in [0.29, 0.717) is 11.6 Å². The molecule has 0 aliphatic heterocycles. The minimum Gasteiger partial charge on any atom is -0.305 e. The van der Waals surface area contributed by atoms with E-state index in [1.165, 1.54) is 0 Å². The quantitative estimate of drug-likeness (QED) is 0.829. The SMILES string of the molecule is CONCc1ccc(-n2cc(Cl)cn2)cc1. The van der Waals surface area contributed by atoms with Crippen molar-refractivity contribution in [3.8, 4) is 5.69 Å². The van der Waals surface area contributed by atoms with Crippen molar-refractivity contribution in [3.05, 3.63) is 47.2 Å². The van der Waals surface area contributed by atoms with Crippen LogP contribution in [0.25, 0.3) is 5.69 Å². The van der Waals surface area contributed by atoms with Crippen LogP contribution >= 0.6 is 11.6 Å². The maximum Gasteiger partial charge on any atom is 0.0790 e. The number of hydrogen-bond acceptors (Lipinski definition) is 3. The van der Waals surface area contributed by atoms with E-state index >= 15 is 0 Å². The topological polar surface area (TPSA) is 39.1 Å². The van der Waals surface area contributed by atoms with Gasteiger partial charge in [0.1, 0.15) is 0 Å². The second-order valence-corrected chi connectivity index (χ2v) is 3.73. The summed E-state index contributed by atoms with van der Waals surface area (Å²) in [6.45, 7) is 0.677. The number of hydroxylamine groups is 1. The van der Waals surface area contributed by atoms with Crippen molar-refractivity contribution in [1.82, 2.24) is 15.3 Å². The average molecular weight is 238 g/mol. The molecular formula is C11H12ClN3O. The first-order valence-corrected chi connectivity index (χ1v) is 5.23. The van der Waals surface area contributed by atoms with E-state index < -0.39 is 0 Å². The molecule has 0 atom stereocenters. The lowest BCUT2D eigenvalue weighted by Crippen LogP contribution is -2.10. The molecule has 0 bridgehead atoms. The molecule has 16 heavy (non-hydrogen) atoms. The fourth-order valence-corrected chi connectivity index (χ4v) is 1.50. The number of nitrogens with zero attached hydrogens (tertiary/aromatic N) is 2. The van der Waals surface area contributed by atoms with Gasteiger partial charge in [0.2, 0.25) is 0 Å². The summed E-state index contributed by atoms with van der Waals surface area (Å²) in [6.07, 6.45) is 3.38. The molecule has 0 amide bonds. The van der Waals surface area contributed by atoms with Crippen LogP contribution < -0.4 is 5.48 Å². The zero-order valence-corrected chi connectivity index (χ0v) is 9.61. The van der Waals surface area contributed by atoms with Crippen LogP contribution in [-0.4, -0.2) is 16.9 Å². The minimum atomic E-state index is 0.630. The third-order valence-corrected chi connectivity index (χ3v) is 2.37. The largest absolute Gasteiger partial charge is 0.305 e. The van der Waals surface area contributed by atoms with E-state index in [2.05, 4.69) is 10.6 Å². The number of halogens is 1.